The fourth-order valence-corrected chi connectivity index (χ4v) is 12.3. The fraction of sp³-hybridized carbons (Fsp3) is 0.712. The minimum absolute atomic E-state index is 0.0722. The summed E-state index contributed by atoms with van der Waals surface area (Å²) in [5.41, 5.74) is 1.45. The third kappa shape index (κ3) is 14.8. The van der Waals surface area contributed by atoms with Crippen molar-refractivity contribution in [3.8, 4) is 5.75 Å². The maximum Gasteiger partial charge on any atom is 0.210 e. The molecule has 352 valence electrons. The quantitative estimate of drug-likeness (QED) is 0.0549. The lowest BCUT2D eigenvalue weighted by molar-refractivity contribution is 0.0384. The average Bonchev–Trinajstić information content (AvgIpc) is 3.32. The van der Waals surface area contributed by atoms with Crippen molar-refractivity contribution in [2.75, 3.05) is 76.7 Å². The first-order valence-electron chi connectivity index (χ1n) is 25.4. The second-order valence-corrected chi connectivity index (χ2v) is 21.6. The molecule has 0 unspecified atom stereocenters. The van der Waals surface area contributed by atoms with Gasteiger partial charge in [-0.25, -0.2) is 12.8 Å². The van der Waals surface area contributed by atoms with E-state index in [0.717, 1.165) is 99.8 Å². The monoisotopic (exact) mass is 908 g/mol. The number of anilines is 1. The third-order valence-electron chi connectivity index (χ3n) is 14.4. The number of thioether (sulfide) groups is 1. The number of fused-ring (bicyclic) bond motifs is 1. The molecule has 0 amide bonds. The van der Waals surface area contributed by atoms with Gasteiger partial charge in [-0.1, -0.05) is 123 Å². The van der Waals surface area contributed by atoms with Gasteiger partial charge in [0.15, 0.2) is 11.6 Å². The van der Waals surface area contributed by atoms with Crippen LogP contribution in [-0.2, 0) is 9.84 Å². The second kappa shape index (κ2) is 26.6. The summed E-state index contributed by atoms with van der Waals surface area (Å²) in [7, 11) is -4.11. The minimum atomic E-state index is -4.11. The standard InChI is InChI=1S/C52H82FN5O3S2/c1-4-6-7-8-9-10-11-12-13-14-15-16-17-18-19-20-21-22-39-61-50-26-24-46(41-48(50)53)63(59,60)51-42-54-49-25-23-45(62-3)40-47(49)52(51)58-33-29-44(30-34-58)57-37-35-56(36-38-57)43-27-31-55(5-2)32-28-43/h23-26,40-44H,4-22,27-39H2,1-3H3. The molecule has 3 aromatic rings. The number of aromatic nitrogens is 1. The number of piperazine rings is 1. The van der Waals surface area contributed by atoms with Crippen molar-refractivity contribution in [3.63, 3.8) is 0 Å². The van der Waals surface area contributed by atoms with Crippen LogP contribution in [0, 0.1) is 5.82 Å². The van der Waals surface area contributed by atoms with Gasteiger partial charge in [-0.3, -0.25) is 14.8 Å². The van der Waals surface area contributed by atoms with Crippen molar-refractivity contribution in [2.24, 2.45) is 0 Å². The van der Waals surface area contributed by atoms with Crippen LogP contribution in [0.4, 0.5) is 10.1 Å². The molecule has 1 aromatic heterocycles. The van der Waals surface area contributed by atoms with Crippen LogP contribution < -0.4 is 9.64 Å². The minimum Gasteiger partial charge on any atom is -0.491 e. The van der Waals surface area contributed by atoms with E-state index in [1.54, 1.807) is 11.8 Å². The smallest absolute Gasteiger partial charge is 0.210 e. The summed E-state index contributed by atoms with van der Waals surface area (Å²) in [6.07, 6.45) is 31.6. The molecule has 0 atom stereocenters. The number of pyridine rings is 1. The van der Waals surface area contributed by atoms with Crippen molar-refractivity contribution in [3.05, 3.63) is 48.4 Å². The lowest BCUT2D eigenvalue weighted by atomic mass is 9.99. The van der Waals surface area contributed by atoms with E-state index in [2.05, 4.69) is 44.5 Å². The largest absolute Gasteiger partial charge is 0.491 e. The molecule has 3 aliphatic heterocycles. The number of halogens is 1. The summed E-state index contributed by atoms with van der Waals surface area (Å²) in [6.45, 7) is 14.5. The predicted molar refractivity (Wildman–Crippen MR) is 263 cm³/mol. The number of benzene rings is 2. The molecule has 0 radical (unpaired) electrons. The molecule has 11 heteroatoms. The van der Waals surface area contributed by atoms with E-state index in [1.807, 2.05) is 18.4 Å². The Kier molecular flexibility index (Phi) is 21.1. The topological polar surface area (TPSA) is 69.2 Å². The van der Waals surface area contributed by atoms with Crippen LogP contribution in [0.5, 0.6) is 5.75 Å². The number of rotatable bonds is 27. The summed E-state index contributed by atoms with van der Waals surface area (Å²) in [4.78, 5) is 16.0. The van der Waals surface area contributed by atoms with Crippen molar-refractivity contribution in [2.45, 2.75) is 182 Å². The third-order valence-corrected chi connectivity index (χ3v) is 16.9. The van der Waals surface area contributed by atoms with Gasteiger partial charge in [0.1, 0.15) is 4.90 Å². The van der Waals surface area contributed by atoms with Crippen LogP contribution in [0.3, 0.4) is 0 Å². The van der Waals surface area contributed by atoms with Gasteiger partial charge < -0.3 is 14.5 Å². The molecule has 0 bridgehead atoms. The summed E-state index contributed by atoms with van der Waals surface area (Å²) in [5, 5.41) is 0.828. The zero-order valence-corrected chi connectivity index (χ0v) is 41.1. The number of hydrogen-bond donors (Lipinski definition) is 0. The van der Waals surface area contributed by atoms with Crippen LogP contribution >= 0.6 is 11.8 Å². The molecule has 0 saturated carbocycles. The Bertz CT molecular complexity index is 1890. The van der Waals surface area contributed by atoms with Crippen LogP contribution in [-0.4, -0.2) is 112 Å². The molecule has 8 nitrogen and oxygen atoms in total. The molecule has 3 fully saturated rings. The van der Waals surface area contributed by atoms with Crippen LogP contribution in [0.2, 0.25) is 0 Å². The van der Waals surface area contributed by atoms with E-state index < -0.39 is 15.7 Å². The van der Waals surface area contributed by atoms with Crippen LogP contribution in [0.15, 0.2) is 57.3 Å². The number of unbranched alkanes of at least 4 members (excludes halogenated alkanes) is 17. The summed E-state index contributed by atoms with van der Waals surface area (Å²) in [5.74, 6) is -0.544. The van der Waals surface area contributed by atoms with E-state index in [-0.39, 0.29) is 15.5 Å². The maximum atomic E-state index is 15.6. The molecule has 0 spiro atoms. The Hall–Kier alpha value is -2.44. The molecule has 3 aliphatic rings. The SMILES string of the molecule is CCCCCCCCCCCCCCCCCCCCOc1ccc(S(=O)(=O)c2cnc3ccc(SC)cc3c2N2CCC(N3CCN(C4CCN(CC)CC4)CC3)CC2)cc1F. The van der Waals surface area contributed by atoms with Crippen molar-refractivity contribution in [1.29, 1.82) is 0 Å². The molecular formula is C52H82FN5O3S2. The normalized spacial score (nSPS) is 17.9. The van der Waals surface area contributed by atoms with Gasteiger partial charge in [-0.15, -0.1) is 11.8 Å². The predicted octanol–water partition coefficient (Wildman–Crippen LogP) is 12.4. The molecule has 4 heterocycles. The molecule has 3 saturated heterocycles. The first-order valence-corrected chi connectivity index (χ1v) is 28.1. The summed E-state index contributed by atoms with van der Waals surface area (Å²) >= 11 is 1.63. The number of ether oxygens (including phenoxy) is 1. The molecule has 6 rings (SSSR count). The van der Waals surface area contributed by atoms with Gasteiger partial charge >= 0.3 is 0 Å². The second-order valence-electron chi connectivity index (χ2n) is 18.8. The highest BCUT2D eigenvalue weighted by atomic mass is 32.2. The van der Waals surface area contributed by atoms with Crippen molar-refractivity contribution in [1.82, 2.24) is 19.7 Å². The Morgan fingerprint density at radius 1 is 0.667 bits per heavy atom. The number of sulfone groups is 1. The van der Waals surface area contributed by atoms with E-state index >= 15 is 4.39 Å². The Morgan fingerprint density at radius 3 is 1.70 bits per heavy atom. The van der Waals surface area contributed by atoms with E-state index in [9.17, 15) is 8.42 Å². The number of hydrogen-bond acceptors (Lipinski definition) is 9. The summed E-state index contributed by atoms with van der Waals surface area (Å²) in [6, 6.07) is 11.4. The van der Waals surface area contributed by atoms with Gasteiger partial charge in [0, 0.05) is 67.8 Å². The van der Waals surface area contributed by atoms with Crippen LogP contribution in [0.25, 0.3) is 10.9 Å². The first-order chi connectivity index (χ1) is 30.8. The maximum absolute atomic E-state index is 15.6. The zero-order chi connectivity index (χ0) is 44.3. The molecule has 2 aromatic carbocycles. The van der Waals surface area contributed by atoms with Crippen LogP contribution in [0.1, 0.15) is 155 Å². The van der Waals surface area contributed by atoms with E-state index in [0.29, 0.717) is 24.4 Å². The Balaban J connectivity index is 0.953. The lowest BCUT2D eigenvalue weighted by Gasteiger charge is -2.46. The van der Waals surface area contributed by atoms with Gasteiger partial charge in [-0.2, -0.15) is 0 Å². The highest BCUT2D eigenvalue weighted by molar-refractivity contribution is 7.98. The Morgan fingerprint density at radius 2 is 1.19 bits per heavy atom. The highest BCUT2D eigenvalue weighted by Gasteiger charge is 2.34. The van der Waals surface area contributed by atoms with Crippen molar-refractivity contribution < 1.29 is 17.5 Å². The number of piperidine rings is 2. The molecule has 63 heavy (non-hydrogen) atoms. The fourth-order valence-electron chi connectivity index (χ4n) is 10.4. The number of likely N-dealkylation sites (tertiary alicyclic amines) is 1. The molecule has 0 N–H and O–H groups in total. The highest BCUT2D eigenvalue weighted by Crippen LogP contribution is 2.39. The zero-order valence-electron chi connectivity index (χ0n) is 39.5. The Labute approximate surface area is 386 Å². The molecular weight excluding hydrogens is 826 g/mol. The van der Waals surface area contributed by atoms with Gasteiger partial charge in [-0.05, 0) is 94.4 Å². The number of nitrogens with zero attached hydrogens (tertiary/aromatic N) is 5. The first kappa shape index (κ1) is 50.0. The van der Waals surface area contributed by atoms with Gasteiger partial charge in [0.05, 0.1) is 22.7 Å². The van der Waals surface area contributed by atoms with E-state index in [4.69, 9.17) is 4.74 Å². The molecule has 0 aliphatic carbocycles. The van der Waals surface area contributed by atoms with E-state index in [1.165, 1.54) is 141 Å². The van der Waals surface area contributed by atoms with Gasteiger partial charge in [0.2, 0.25) is 9.84 Å². The van der Waals surface area contributed by atoms with Gasteiger partial charge in [0.25, 0.3) is 0 Å². The summed E-state index contributed by atoms with van der Waals surface area (Å²) < 4.78 is 50.5. The lowest BCUT2D eigenvalue weighted by Crippen LogP contribution is -2.56. The van der Waals surface area contributed by atoms with Crippen molar-refractivity contribution >= 4 is 38.2 Å². The average molecular weight is 908 g/mol.